The Hall–Kier alpha value is -2.88. The van der Waals surface area contributed by atoms with Crippen molar-refractivity contribution < 1.29 is 31.0 Å². The minimum absolute atomic E-state index is 0. The second-order valence-electron chi connectivity index (χ2n) is 5.36. The van der Waals surface area contributed by atoms with Crippen LogP contribution in [0.4, 0.5) is 0 Å². The summed E-state index contributed by atoms with van der Waals surface area (Å²) in [5.74, 6) is 0.430. The van der Waals surface area contributed by atoms with Crippen LogP contribution in [0.2, 0.25) is 0 Å². The topological polar surface area (TPSA) is 56.5 Å². The molecule has 0 N–H and O–H groups in total. The summed E-state index contributed by atoms with van der Waals surface area (Å²) in [5, 5.41) is 0.455. The van der Waals surface area contributed by atoms with Crippen LogP contribution in [0.5, 0.6) is 5.75 Å². The van der Waals surface area contributed by atoms with E-state index in [1.54, 1.807) is 18.2 Å². The van der Waals surface area contributed by atoms with E-state index in [1.807, 2.05) is 54.6 Å². The van der Waals surface area contributed by atoms with Gasteiger partial charge >= 0.3 is 5.97 Å². The van der Waals surface area contributed by atoms with Crippen molar-refractivity contribution in [2.24, 2.45) is 0 Å². The summed E-state index contributed by atoms with van der Waals surface area (Å²) in [5.41, 5.74) is 1.10. The van der Waals surface area contributed by atoms with Crippen LogP contribution in [0.3, 0.4) is 0 Å². The van der Waals surface area contributed by atoms with E-state index in [0.29, 0.717) is 22.5 Å². The number of esters is 1. The number of ether oxygens (including phenoxy) is 1. The van der Waals surface area contributed by atoms with Crippen LogP contribution in [-0.4, -0.2) is 5.97 Å². The third-order valence-electron chi connectivity index (χ3n) is 3.46. The van der Waals surface area contributed by atoms with Crippen molar-refractivity contribution in [3.8, 4) is 17.1 Å². The molecular formula is C21H16FeO4-6. The molecule has 0 atom stereocenters. The first-order valence-electron chi connectivity index (χ1n) is 7.78. The summed E-state index contributed by atoms with van der Waals surface area (Å²) >= 11 is 0. The quantitative estimate of drug-likeness (QED) is 0.220. The van der Waals surface area contributed by atoms with Crippen LogP contribution in [0.15, 0.2) is 88.1 Å². The molecule has 26 heavy (non-hydrogen) atoms. The minimum atomic E-state index is -0.418. The molecular weight excluding hydrogens is 372 g/mol. The van der Waals surface area contributed by atoms with Gasteiger partial charge in [-0.05, 0) is 18.2 Å². The second kappa shape index (κ2) is 8.99. The van der Waals surface area contributed by atoms with Gasteiger partial charge in [0.25, 0.3) is 0 Å². The van der Waals surface area contributed by atoms with Gasteiger partial charge in [-0.25, -0.2) is 0 Å². The molecule has 0 radical (unpaired) electrons. The summed E-state index contributed by atoms with van der Waals surface area (Å²) in [7, 11) is 0. The first-order valence-corrected chi connectivity index (χ1v) is 7.78. The summed E-state index contributed by atoms with van der Waals surface area (Å²) < 4.78 is 10.7. The van der Waals surface area contributed by atoms with Crippen LogP contribution in [0.1, 0.15) is 6.92 Å². The largest absolute Gasteiger partial charge is 0.748 e. The zero-order valence-corrected chi connectivity index (χ0v) is 15.1. The summed E-state index contributed by atoms with van der Waals surface area (Å²) in [6.07, 6.45) is 0. The fourth-order valence-electron chi connectivity index (χ4n) is 2.37. The van der Waals surface area contributed by atoms with E-state index in [4.69, 9.17) is 9.15 Å². The molecule has 138 valence electrons. The van der Waals surface area contributed by atoms with Gasteiger partial charge in [0.05, 0.1) is 11.1 Å². The average molecular weight is 388 g/mol. The molecule has 0 spiro atoms. The van der Waals surface area contributed by atoms with E-state index in [0.717, 1.165) is 5.56 Å². The van der Waals surface area contributed by atoms with Gasteiger partial charge in [-0.15, -0.1) is 12.1 Å². The first kappa shape index (κ1) is 19.4. The maximum Gasteiger partial charge on any atom is 0.308 e. The van der Waals surface area contributed by atoms with Gasteiger partial charge in [0.1, 0.15) is 11.3 Å². The number of benzene rings is 1. The average Bonchev–Trinajstić information content (AvgIpc) is 3.30. The van der Waals surface area contributed by atoms with Crippen LogP contribution in [0.25, 0.3) is 22.3 Å². The predicted molar refractivity (Wildman–Crippen MR) is 96.9 cm³/mol. The molecule has 0 saturated heterocycles. The normalized spacial score (nSPS) is 9.73. The number of carbonyl (C=O) groups is 1. The third kappa shape index (κ3) is 4.82. The van der Waals surface area contributed by atoms with E-state index in [-0.39, 0.29) is 22.5 Å². The molecule has 4 rings (SSSR count). The second-order valence-corrected chi connectivity index (χ2v) is 5.36. The van der Waals surface area contributed by atoms with E-state index in [9.17, 15) is 9.59 Å². The van der Waals surface area contributed by atoms with Crippen molar-refractivity contribution in [3.05, 3.63) is 89.1 Å². The number of rotatable bonds is 2. The van der Waals surface area contributed by atoms with Crippen LogP contribution < -0.4 is 10.2 Å². The van der Waals surface area contributed by atoms with Crippen molar-refractivity contribution in [3.63, 3.8) is 0 Å². The zero-order valence-electron chi connectivity index (χ0n) is 14.0. The third-order valence-corrected chi connectivity index (χ3v) is 3.46. The monoisotopic (exact) mass is 388 g/mol. The van der Waals surface area contributed by atoms with E-state index >= 15 is 0 Å². The molecule has 0 aliphatic rings. The Labute approximate surface area is 161 Å². The molecule has 0 saturated carbocycles. The molecule has 0 bridgehead atoms. The van der Waals surface area contributed by atoms with E-state index in [2.05, 4.69) is 0 Å². The molecule has 4 aromatic rings. The van der Waals surface area contributed by atoms with Gasteiger partial charge in [0.2, 0.25) is 0 Å². The Morgan fingerprint density at radius 2 is 1.65 bits per heavy atom. The van der Waals surface area contributed by atoms with Crippen molar-refractivity contribution in [1.29, 1.82) is 0 Å². The first-order chi connectivity index (χ1) is 12.1. The Kier molecular flexibility index (Phi) is 6.73. The standard InChI is InChI=1S/C16H11O4.C5H5.Fe/c1-10(17)19-12-6-7-13-14(18)9-15(20-16(13)8-12)11-4-2-3-5-11;1-2-4-5-3-1;/h2-9H,1H3;1-5H;/q-1;-5;. The fourth-order valence-corrected chi connectivity index (χ4v) is 2.37. The molecule has 4 nitrogen and oxygen atoms in total. The van der Waals surface area contributed by atoms with Crippen LogP contribution in [0, 0.1) is 0 Å². The predicted octanol–water partition coefficient (Wildman–Crippen LogP) is 4.51. The fraction of sp³-hybridized carbons (Fsp3) is 0.0476. The van der Waals surface area contributed by atoms with Crippen molar-refractivity contribution in [1.82, 2.24) is 0 Å². The zero-order chi connectivity index (χ0) is 17.6. The molecule has 3 aromatic carbocycles. The number of hydrogen-bond donors (Lipinski definition) is 0. The van der Waals surface area contributed by atoms with Gasteiger partial charge in [0.15, 0.2) is 5.43 Å². The number of carbonyl (C=O) groups excluding carboxylic acids is 1. The molecule has 0 amide bonds. The molecule has 1 aromatic heterocycles. The summed E-state index contributed by atoms with van der Waals surface area (Å²) in [6, 6.07) is 23.6. The number of fused-ring (bicyclic) bond motifs is 1. The van der Waals surface area contributed by atoms with Gasteiger partial charge in [0, 0.05) is 30.1 Å². The van der Waals surface area contributed by atoms with Gasteiger partial charge in [-0.2, -0.15) is 12.1 Å². The molecule has 0 aliphatic heterocycles. The summed E-state index contributed by atoms with van der Waals surface area (Å²) in [6.45, 7) is 1.32. The van der Waals surface area contributed by atoms with Crippen LogP contribution >= 0.6 is 0 Å². The Bertz CT molecular complexity index is 995. The molecule has 5 heteroatoms. The Balaban J connectivity index is 0.000000351. The molecule has 0 unspecified atom stereocenters. The SMILES string of the molecule is CC(=O)Oc1ccc2c(=O)cc(-[c-]3cccc3)oc2c1.[Fe].[cH-]1[cH-][cH-][cH-][cH-]1. The maximum atomic E-state index is 12.1. The molecule has 0 fully saturated rings. The van der Waals surface area contributed by atoms with Gasteiger partial charge in [-0.3, -0.25) is 4.79 Å². The van der Waals surface area contributed by atoms with Crippen LogP contribution in [-0.2, 0) is 21.9 Å². The molecule has 1 heterocycles. The van der Waals surface area contributed by atoms with E-state index < -0.39 is 5.97 Å². The summed E-state index contributed by atoms with van der Waals surface area (Å²) in [4.78, 5) is 23.0. The molecule has 0 aliphatic carbocycles. The maximum absolute atomic E-state index is 12.1. The van der Waals surface area contributed by atoms with Gasteiger partial charge < -0.3 is 44.3 Å². The van der Waals surface area contributed by atoms with Crippen molar-refractivity contribution in [2.45, 2.75) is 6.92 Å². The Morgan fingerprint density at radius 1 is 1.04 bits per heavy atom. The number of hydrogen-bond acceptors (Lipinski definition) is 4. The Morgan fingerprint density at radius 3 is 2.23 bits per heavy atom. The van der Waals surface area contributed by atoms with E-state index in [1.165, 1.54) is 13.0 Å². The smallest absolute Gasteiger partial charge is 0.308 e. The van der Waals surface area contributed by atoms with Gasteiger partial charge in [-0.1, -0.05) is 5.56 Å². The minimum Gasteiger partial charge on any atom is -0.748 e. The van der Waals surface area contributed by atoms with Crippen molar-refractivity contribution in [2.75, 3.05) is 0 Å². The van der Waals surface area contributed by atoms with Crippen molar-refractivity contribution >= 4 is 16.9 Å².